The highest BCUT2D eigenvalue weighted by atomic mass is 16.7. The summed E-state index contributed by atoms with van der Waals surface area (Å²) in [5.41, 5.74) is 5.80. The molecule has 246 valence electrons. The van der Waals surface area contributed by atoms with Crippen LogP contribution in [-0.2, 0) is 31.9 Å². The molecule has 1 amide bonds. The van der Waals surface area contributed by atoms with E-state index in [0.717, 1.165) is 46.3 Å². The van der Waals surface area contributed by atoms with Crippen molar-refractivity contribution in [2.45, 2.75) is 45.6 Å². The predicted octanol–water partition coefficient (Wildman–Crippen LogP) is 5.37. The van der Waals surface area contributed by atoms with Crippen molar-refractivity contribution < 1.29 is 38.4 Å². The largest absolute Gasteiger partial charge is 0.486 e. The van der Waals surface area contributed by atoms with Crippen LogP contribution in [0, 0.1) is 12.8 Å². The molecule has 2 N–H and O–H groups in total. The standard InChI is InChI=1S/C36H44N2O8/c1-5-24-17-23(3)18-25(6-2)34(24)37-32(39)21-38-20-29(27-9-12-30-31(19-27)45-16-15-44-30)33(36(40)41)35(38)26-7-10-28(11-8-26)46-22-43-14-13-42-4/h7-12,17-19,29,33,35H,5-6,13-16,20-22H2,1-4H3,(H,37,39)(H,40,41)/t29-,33?,35+/m1/s1. The predicted molar refractivity (Wildman–Crippen MR) is 174 cm³/mol. The molecule has 0 spiro atoms. The number of aliphatic carboxylic acids is 1. The van der Waals surface area contributed by atoms with Crippen LogP contribution < -0.4 is 19.5 Å². The van der Waals surface area contributed by atoms with Crippen LogP contribution in [0.15, 0.2) is 54.6 Å². The Morgan fingerprint density at radius 1 is 0.935 bits per heavy atom. The van der Waals surface area contributed by atoms with E-state index in [-0.39, 0.29) is 19.2 Å². The molecule has 10 nitrogen and oxygen atoms in total. The minimum atomic E-state index is -0.931. The van der Waals surface area contributed by atoms with Gasteiger partial charge in [0.15, 0.2) is 18.3 Å². The Labute approximate surface area is 270 Å². The molecular weight excluding hydrogens is 588 g/mol. The molecule has 0 aromatic heterocycles. The van der Waals surface area contributed by atoms with E-state index < -0.39 is 23.8 Å². The number of aryl methyl sites for hydroxylation is 3. The van der Waals surface area contributed by atoms with Crippen LogP contribution in [0.25, 0.3) is 0 Å². The number of ether oxygens (including phenoxy) is 5. The highest BCUT2D eigenvalue weighted by molar-refractivity contribution is 5.94. The van der Waals surface area contributed by atoms with Crippen LogP contribution in [0.2, 0.25) is 0 Å². The van der Waals surface area contributed by atoms with Crippen molar-refractivity contribution in [1.82, 2.24) is 4.90 Å². The summed E-state index contributed by atoms with van der Waals surface area (Å²) in [6.07, 6.45) is 1.57. The molecule has 0 radical (unpaired) electrons. The third-order valence-corrected chi connectivity index (χ3v) is 8.66. The number of nitrogens with zero attached hydrogens (tertiary/aromatic N) is 1. The minimum absolute atomic E-state index is 0.0290. The summed E-state index contributed by atoms with van der Waals surface area (Å²) in [7, 11) is 1.61. The van der Waals surface area contributed by atoms with Crippen molar-refractivity contribution >= 4 is 17.6 Å². The number of rotatable bonds is 14. The number of carboxylic acid groups (broad SMARTS) is 1. The van der Waals surface area contributed by atoms with Gasteiger partial charge in [-0.25, -0.2) is 0 Å². The summed E-state index contributed by atoms with van der Waals surface area (Å²) in [4.78, 5) is 28.8. The second kappa shape index (κ2) is 15.4. The van der Waals surface area contributed by atoms with Crippen molar-refractivity contribution in [3.05, 3.63) is 82.4 Å². The van der Waals surface area contributed by atoms with Crippen LogP contribution in [0.3, 0.4) is 0 Å². The molecule has 2 aliphatic rings. The van der Waals surface area contributed by atoms with Gasteiger partial charge in [-0.1, -0.05) is 49.7 Å². The van der Waals surface area contributed by atoms with Crippen molar-refractivity contribution in [3.8, 4) is 17.2 Å². The lowest BCUT2D eigenvalue weighted by Gasteiger charge is -2.27. The Morgan fingerprint density at radius 3 is 2.26 bits per heavy atom. The van der Waals surface area contributed by atoms with Gasteiger partial charge in [-0.2, -0.15) is 0 Å². The summed E-state index contributed by atoms with van der Waals surface area (Å²) < 4.78 is 27.6. The first kappa shape index (κ1) is 33.2. The summed E-state index contributed by atoms with van der Waals surface area (Å²) in [6.45, 7) is 8.48. The first-order valence-electron chi connectivity index (χ1n) is 15.9. The number of amides is 1. The molecule has 2 aliphatic heterocycles. The van der Waals surface area contributed by atoms with Crippen molar-refractivity contribution in [2.24, 2.45) is 5.92 Å². The average Bonchev–Trinajstić information content (AvgIpc) is 3.44. The van der Waals surface area contributed by atoms with Crippen molar-refractivity contribution in [3.63, 3.8) is 0 Å². The van der Waals surface area contributed by atoms with Gasteiger partial charge >= 0.3 is 5.97 Å². The molecule has 2 heterocycles. The van der Waals surface area contributed by atoms with E-state index in [1.807, 2.05) is 35.2 Å². The number of methoxy groups -OCH3 is 1. The fourth-order valence-corrected chi connectivity index (χ4v) is 6.51. The summed E-state index contributed by atoms with van der Waals surface area (Å²) >= 11 is 0. The van der Waals surface area contributed by atoms with E-state index in [1.165, 1.54) is 0 Å². The molecule has 3 aromatic carbocycles. The minimum Gasteiger partial charge on any atom is -0.486 e. The van der Waals surface area contributed by atoms with Gasteiger partial charge in [0.05, 0.1) is 25.7 Å². The lowest BCUT2D eigenvalue weighted by atomic mass is 9.82. The summed E-state index contributed by atoms with van der Waals surface area (Å²) in [5.74, 6) is -0.487. The summed E-state index contributed by atoms with van der Waals surface area (Å²) in [6, 6.07) is 16.6. The number of anilines is 1. The van der Waals surface area contributed by atoms with Crippen LogP contribution in [0.5, 0.6) is 17.2 Å². The Hall–Kier alpha value is -4.12. The number of fused-ring (bicyclic) bond motifs is 1. The molecule has 1 saturated heterocycles. The Kier molecular flexibility index (Phi) is 11.2. The third kappa shape index (κ3) is 7.63. The molecule has 1 unspecified atom stereocenters. The average molecular weight is 633 g/mol. The SMILES string of the molecule is CCc1cc(C)cc(CC)c1NC(=O)CN1C[C@H](c2ccc3c(c2)OCCO3)C(C(=O)O)[C@@H]1c1ccc(OCOCCOC)cc1. The van der Waals surface area contributed by atoms with Gasteiger partial charge < -0.3 is 34.1 Å². The lowest BCUT2D eigenvalue weighted by molar-refractivity contribution is -0.143. The highest BCUT2D eigenvalue weighted by Gasteiger charge is 2.48. The number of carbonyl (C=O) groups excluding carboxylic acids is 1. The number of hydrogen-bond donors (Lipinski definition) is 2. The number of carboxylic acids is 1. The molecule has 3 aromatic rings. The van der Waals surface area contributed by atoms with E-state index in [0.29, 0.717) is 50.2 Å². The number of nitrogens with one attached hydrogen (secondary N) is 1. The molecule has 1 fully saturated rings. The zero-order chi connectivity index (χ0) is 32.6. The number of carbonyl (C=O) groups is 2. The van der Waals surface area contributed by atoms with Crippen LogP contribution in [0.1, 0.15) is 53.6 Å². The number of hydrogen-bond acceptors (Lipinski definition) is 8. The zero-order valence-corrected chi connectivity index (χ0v) is 27.0. The van der Waals surface area contributed by atoms with Gasteiger partial charge in [0.2, 0.25) is 5.91 Å². The lowest BCUT2D eigenvalue weighted by Crippen LogP contribution is -2.35. The maximum Gasteiger partial charge on any atom is 0.309 e. The molecule has 46 heavy (non-hydrogen) atoms. The highest BCUT2D eigenvalue weighted by Crippen LogP contribution is 2.47. The first-order valence-corrected chi connectivity index (χ1v) is 15.9. The van der Waals surface area contributed by atoms with Gasteiger partial charge in [-0.15, -0.1) is 0 Å². The van der Waals surface area contributed by atoms with Gasteiger partial charge in [0.1, 0.15) is 19.0 Å². The topological polar surface area (TPSA) is 116 Å². The Bertz CT molecular complexity index is 1480. The van der Waals surface area contributed by atoms with Gasteiger partial charge in [0, 0.05) is 31.3 Å². The molecule has 0 bridgehead atoms. The number of likely N-dealkylation sites (tertiary alicyclic amines) is 1. The number of benzene rings is 3. The van der Waals surface area contributed by atoms with E-state index in [2.05, 4.69) is 38.2 Å². The normalized spacial score (nSPS) is 19.2. The molecule has 3 atom stereocenters. The molecule has 0 aliphatic carbocycles. The third-order valence-electron chi connectivity index (χ3n) is 8.66. The van der Waals surface area contributed by atoms with E-state index in [4.69, 9.17) is 23.7 Å². The zero-order valence-electron chi connectivity index (χ0n) is 27.0. The fourth-order valence-electron chi connectivity index (χ4n) is 6.51. The monoisotopic (exact) mass is 632 g/mol. The molecule has 10 heteroatoms. The van der Waals surface area contributed by atoms with Crippen molar-refractivity contribution in [2.75, 3.05) is 58.7 Å². The quantitative estimate of drug-likeness (QED) is 0.179. The van der Waals surface area contributed by atoms with E-state index in [9.17, 15) is 14.7 Å². The first-order chi connectivity index (χ1) is 22.3. The maximum atomic E-state index is 13.7. The molecular formula is C36H44N2O8. The maximum absolute atomic E-state index is 13.7. The van der Waals surface area contributed by atoms with Gasteiger partial charge in [-0.05, 0) is 66.3 Å². The van der Waals surface area contributed by atoms with Gasteiger partial charge in [0.25, 0.3) is 0 Å². The second-order valence-electron chi connectivity index (χ2n) is 11.7. The van der Waals surface area contributed by atoms with Crippen molar-refractivity contribution in [1.29, 1.82) is 0 Å². The molecule has 5 rings (SSSR count). The van der Waals surface area contributed by atoms with E-state index in [1.54, 1.807) is 19.2 Å². The second-order valence-corrected chi connectivity index (χ2v) is 11.7. The van der Waals surface area contributed by atoms with E-state index >= 15 is 0 Å². The Balaban J connectivity index is 1.44. The van der Waals surface area contributed by atoms with Crippen LogP contribution in [-0.4, -0.2) is 75.3 Å². The van der Waals surface area contributed by atoms with Crippen LogP contribution in [0.4, 0.5) is 5.69 Å². The Morgan fingerprint density at radius 2 is 1.61 bits per heavy atom. The smallest absolute Gasteiger partial charge is 0.309 e. The fraction of sp³-hybridized carbons (Fsp3) is 0.444. The summed E-state index contributed by atoms with van der Waals surface area (Å²) in [5, 5.41) is 13.9. The van der Waals surface area contributed by atoms with Gasteiger partial charge in [-0.3, -0.25) is 14.5 Å². The van der Waals surface area contributed by atoms with Crippen LogP contribution >= 0.6 is 0 Å². The molecule has 0 saturated carbocycles.